The van der Waals surface area contributed by atoms with Gasteiger partial charge in [-0.1, -0.05) is 243 Å². The summed E-state index contributed by atoms with van der Waals surface area (Å²) in [6.07, 6.45) is 0. The van der Waals surface area contributed by atoms with E-state index in [9.17, 15) is 0 Å². The Bertz CT molecular complexity index is 5400. The largest absolute Gasteiger partial charge is 0.0616 e. The highest BCUT2D eigenvalue weighted by Gasteiger charge is 2.26. The summed E-state index contributed by atoms with van der Waals surface area (Å²) in [6, 6.07) is 102. The monoisotopic (exact) mass is 1000 g/mol. The molecule has 0 fully saturated rings. The fourth-order valence-electron chi connectivity index (χ4n) is 15.3. The van der Waals surface area contributed by atoms with E-state index in [0.29, 0.717) is 0 Å². The van der Waals surface area contributed by atoms with E-state index in [1.165, 1.54) is 194 Å². The molecule has 2 aliphatic carbocycles. The van der Waals surface area contributed by atoms with Crippen LogP contribution in [-0.4, -0.2) is 0 Å². The second kappa shape index (κ2) is 15.6. The van der Waals surface area contributed by atoms with E-state index in [4.69, 9.17) is 0 Å². The predicted octanol–water partition coefficient (Wildman–Crippen LogP) is 21.1. The van der Waals surface area contributed by atoms with Crippen LogP contribution in [0.25, 0.3) is 152 Å². The Morgan fingerprint density at radius 2 is 0.375 bits per heavy atom. The van der Waals surface area contributed by atoms with E-state index in [2.05, 4.69) is 267 Å². The molecule has 80 heavy (non-hydrogen) atoms. The summed E-state index contributed by atoms with van der Waals surface area (Å²) in [7, 11) is 0. The van der Waals surface area contributed by atoms with Crippen LogP contribution in [0.3, 0.4) is 0 Å². The standard InChI is InChI=1S/C80H44/c1-5-17-49-41-53(29-25-45(49)13-1)69-57-21-9-10-22-58(57)70(54-30-26-46-14-2-6-18-50(46)42-54)78-66-38-34-62-64-36-40-68-76-67(39-35-63(74(64)76)61-33-37-65(77(69)78)75(66)73(61)62)79-71(55-31-27-47-15-3-7-19-51(47)43-55)59-23-11-12-24-60(59)72(80(68)79)56-32-28-48-16-4-8-20-52(48)44-56/h1-44H. The van der Waals surface area contributed by atoms with Gasteiger partial charge in [0.2, 0.25) is 0 Å². The van der Waals surface area contributed by atoms with Crippen molar-refractivity contribution in [3.05, 3.63) is 309 Å². The van der Waals surface area contributed by atoms with Gasteiger partial charge in [-0.05, 0) is 218 Å². The van der Waals surface area contributed by atoms with Crippen molar-refractivity contribution in [2.24, 2.45) is 0 Å². The third-order valence-electron chi connectivity index (χ3n) is 18.6. The second-order valence-electron chi connectivity index (χ2n) is 22.5. The van der Waals surface area contributed by atoms with Crippen molar-refractivity contribution < 1.29 is 0 Å². The van der Waals surface area contributed by atoms with Crippen molar-refractivity contribution in [1.29, 1.82) is 0 Å². The van der Waals surface area contributed by atoms with Gasteiger partial charge in [0.1, 0.15) is 0 Å². The normalized spacial score (nSPS) is 12.5. The molecule has 0 heterocycles. The Kier molecular flexibility index (Phi) is 8.34. The molecule has 364 valence electrons. The lowest BCUT2D eigenvalue weighted by Gasteiger charge is -2.16. The second-order valence-corrected chi connectivity index (χ2v) is 22.5. The maximum absolute atomic E-state index is 2.48. The van der Waals surface area contributed by atoms with Gasteiger partial charge >= 0.3 is 0 Å². The number of hydrogen-bond acceptors (Lipinski definition) is 0. The Morgan fingerprint density at radius 1 is 0.150 bits per heavy atom. The summed E-state index contributed by atoms with van der Waals surface area (Å²) < 4.78 is 0. The SMILES string of the molecule is c1ccc2cc(-c3c4c(c(-c5ccc6ccccc6c5)c5ccccc35)=c3ccc5c6ccc7c8c(ccc(c9ccc=4c3c95)c86)=c3c(-c4ccc5ccccc5c4)c4ccccc4c(-c4ccc5ccccc5c4)c3=7)ccc2c1. The van der Waals surface area contributed by atoms with Gasteiger partial charge in [-0.2, -0.15) is 0 Å². The zero-order valence-corrected chi connectivity index (χ0v) is 43.4. The van der Waals surface area contributed by atoms with Gasteiger partial charge < -0.3 is 0 Å². The minimum absolute atomic E-state index is 1.24. The molecule has 0 bridgehead atoms. The fraction of sp³-hybridized carbons (Fsp3) is 0. The molecule has 0 saturated heterocycles. The molecule has 0 spiro atoms. The number of benzene rings is 17. The molecular formula is C80H44. The van der Waals surface area contributed by atoms with Crippen LogP contribution in [0.15, 0.2) is 267 Å². The molecule has 2 aliphatic rings. The molecule has 0 radical (unpaired) electrons. The van der Waals surface area contributed by atoms with E-state index in [1.54, 1.807) is 0 Å². The summed E-state index contributed by atoms with van der Waals surface area (Å²) in [5.74, 6) is 0. The maximum Gasteiger partial charge on any atom is -0.000740 e. The molecule has 19 rings (SSSR count). The first-order valence-electron chi connectivity index (χ1n) is 28.1. The third-order valence-corrected chi connectivity index (χ3v) is 18.6. The molecule has 0 amide bonds. The van der Waals surface area contributed by atoms with Crippen LogP contribution in [0.1, 0.15) is 0 Å². The van der Waals surface area contributed by atoms with Gasteiger partial charge in [-0.15, -0.1) is 0 Å². The summed E-state index contributed by atoms with van der Waals surface area (Å²) in [5.41, 5.74) is 10.2. The minimum Gasteiger partial charge on any atom is -0.0616 e. The quantitative estimate of drug-likeness (QED) is 0.122. The van der Waals surface area contributed by atoms with Crippen LogP contribution >= 0.6 is 0 Å². The summed E-state index contributed by atoms with van der Waals surface area (Å²) in [5, 5.41) is 36.2. The first-order valence-corrected chi connectivity index (χ1v) is 28.1. The van der Waals surface area contributed by atoms with Crippen molar-refractivity contribution in [3.63, 3.8) is 0 Å². The van der Waals surface area contributed by atoms with Gasteiger partial charge in [-0.3, -0.25) is 0 Å². The van der Waals surface area contributed by atoms with E-state index in [0.717, 1.165) is 0 Å². The van der Waals surface area contributed by atoms with Crippen LogP contribution in [-0.2, 0) is 0 Å². The Morgan fingerprint density at radius 3 is 0.625 bits per heavy atom. The summed E-state index contributed by atoms with van der Waals surface area (Å²) in [4.78, 5) is 0. The van der Waals surface area contributed by atoms with Crippen LogP contribution in [0.2, 0.25) is 0 Å². The van der Waals surface area contributed by atoms with E-state index >= 15 is 0 Å². The van der Waals surface area contributed by atoms with Gasteiger partial charge in [-0.25, -0.2) is 0 Å². The van der Waals surface area contributed by atoms with Crippen molar-refractivity contribution in [2.75, 3.05) is 0 Å². The maximum atomic E-state index is 2.48. The molecule has 0 heteroatoms. The van der Waals surface area contributed by atoms with E-state index in [-0.39, 0.29) is 0 Å². The Hall–Kier alpha value is -10.4. The Labute approximate surface area is 458 Å². The number of rotatable bonds is 4. The van der Waals surface area contributed by atoms with Gasteiger partial charge in [0.25, 0.3) is 0 Å². The van der Waals surface area contributed by atoms with Crippen molar-refractivity contribution >= 4 is 108 Å². The van der Waals surface area contributed by atoms with Crippen LogP contribution in [0, 0.1) is 41.7 Å². The summed E-state index contributed by atoms with van der Waals surface area (Å²) >= 11 is 0. The van der Waals surface area contributed by atoms with Crippen LogP contribution in [0.5, 0.6) is 0 Å². The minimum atomic E-state index is 1.24. The van der Waals surface area contributed by atoms with Gasteiger partial charge in [0.15, 0.2) is 0 Å². The smallest absolute Gasteiger partial charge is 0.000740 e. The average molecular weight is 1010 g/mol. The number of fused-ring (bicyclic) bond motifs is 10. The first kappa shape index (κ1) is 42.7. The lowest BCUT2D eigenvalue weighted by atomic mass is 9.87. The van der Waals surface area contributed by atoms with Gasteiger partial charge in [0, 0.05) is 0 Å². The van der Waals surface area contributed by atoms with Crippen molar-refractivity contribution in [2.45, 2.75) is 0 Å². The fourth-order valence-corrected chi connectivity index (χ4v) is 15.3. The zero-order valence-electron chi connectivity index (χ0n) is 43.4. The molecule has 17 aromatic carbocycles. The topological polar surface area (TPSA) is 0 Å². The molecule has 0 aliphatic heterocycles. The molecule has 0 unspecified atom stereocenters. The molecule has 0 N–H and O–H groups in total. The van der Waals surface area contributed by atoms with Crippen molar-refractivity contribution in [1.82, 2.24) is 0 Å². The molecule has 17 aromatic rings. The highest BCUT2D eigenvalue weighted by atomic mass is 14.3. The third kappa shape index (κ3) is 5.59. The predicted molar refractivity (Wildman–Crippen MR) is 338 cm³/mol. The molecule has 0 nitrogen and oxygen atoms in total. The zero-order chi connectivity index (χ0) is 51.9. The average Bonchev–Trinajstić information content (AvgIpc) is 3.65. The van der Waals surface area contributed by atoms with Crippen LogP contribution in [0.4, 0.5) is 0 Å². The molecule has 0 saturated carbocycles. The summed E-state index contributed by atoms with van der Waals surface area (Å²) in [6.45, 7) is 0. The van der Waals surface area contributed by atoms with E-state index in [1.807, 2.05) is 0 Å². The molecule has 0 aromatic heterocycles. The lowest BCUT2D eigenvalue weighted by molar-refractivity contribution is 1.50. The molecular weight excluding hydrogens is 961 g/mol. The highest BCUT2D eigenvalue weighted by Crippen LogP contribution is 2.49. The van der Waals surface area contributed by atoms with Gasteiger partial charge in [0.05, 0.1) is 0 Å². The lowest BCUT2D eigenvalue weighted by Crippen LogP contribution is -1.92. The Balaban J connectivity index is 0.998. The van der Waals surface area contributed by atoms with E-state index < -0.39 is 0 Å². The number of hydrogen-bond donors (Lipinski definition) is 0. The van der Waals surface area contributed by atoms with Crippen molar-refractivity contribution in [3.8, 4) is 44.5 Å². The first-order chi connectivity index (χ1) is 39.7. The van der Waals surface area contributed by atoms with Crippen LogP contribution < -0.4 is 0 Å². The highest BCUT2D eigenvalue weighted by molar-refractivity contribution is 6.33. The molecule has 0 atom stereocenters.